The maximum atomic E-state index is 14.3. The summed E-state index contributed by atoms with van der Waals surface area (Å²) in [7, 11) is 0. The van der Waals surface area contributed by atoms with Crippen molar-refractivity contribution >= 4 is 11.4 Å². The zero-order valence-electron chi connectivity index (χ0n) is 13.1. The number of aryl methyl sites for hydroxylation is 1. The van der Waals surface area contributed by atoms with Crippen molar-refractivity contribution in [3.63, 3.8) is 0 Å². The van der Waals surface area contributed by atoms with Gasteiger partial charge in [-0.05, 0) is 36.2 Å². The summed E-state index contributed by atoms with van der Waals surface area (Å²) in [5.74, 6) is -0.370. The lowest BCUT2D eigenvalue weighted by molar-refractivity contribution is -0.403. The minimum Gasteiger partial charge on any atom is -0.352 e. The quantitative estimate of drug-likeness (QED) is 0.690. The largest absolute Gasteiger partial charge is 0.352 e. The van der Waals surface area contributed by atoms with Gasteiger partial charge in [0, 0.05) is 16.8 Å². The Morgan fingerprint density at radius 3 is 2.79 bits per heavy atom. The summed E-state index contributed by atoms with van der Waals surface area (Å²) in [6, 6.07) is 12.2. The number of benzene rings is 2. The summed E-state index contributed by atoms with van der Waals surface area (Å²) in [5.41, 5.74) is 3.75. The molecule has 0 saturated carbocycles. The smallest absolute Gasteiger partial charge is 0.255 e. The molecular weight excluding hydrogens is 309 g/mol. The second-order valence-corrected chi connectivity index (χ2v) is 5.44. The van der Waals surface area contributed by atoms with Crippen LogP contribution in [-0.4, -0.2) is 17.2 Å². The van der Waals surface area contributed by atoms with Gasteiger partial charge in [0.05, 0.1) is 17.2 Å². The highest BCUT2D eigenvalue weighted by atomic mass is 19.1. The van der Waals surface area contributed by atoms with Gasteiger partial charge in [-0.2, -0.15) is 0 Å². The zero-order valence-corrected chi connectivity index (χ0v) is 13.1. The predicted molar refractivity (Wildman–Crippen MR) is 91.4 cm³/mol. The van der Waals surface area contributed by atoms with E-state index in [2.05, 4.69) is 10.3 Å². The van der Waals surface area contributed by atoms with E-state index < -0.39 is 4.92 Å². The van der Waals surface area contributed by atoms with E-state index in [1.54, 1.807) is 18.2 Å². The average molecular weight is 325 g/mol. The molecule has 122 valence electrons. The van der Waals surface area contributed by atoms with Crippen LogP contribution in [0.25, 0.3) is 0 Å². The number of hydrogen-bond acceptors (Lipinski definition) is 4. The van der Waals surface area contributed by atoms with E-state index in [1.807, 2.05) is 25.1 Å². The zero-order chi connectivity index (χ0) is 17.1. The van der Waals surface area contributed by atoms with Gasteiger partial charge in [-0.1, -0.05) is 25.1 Å². The number of nitro groups is 1. The third-order valence-electron chi connectivity index (χ3n) is 3.84. The molecule has 1 aliphatic heterocycles. The highest BCUT2D eigenvalue weighted by Gasteiger charge is 2.20. The summed E-state index contributed by atoms with van der Waals surface area (Å²) in [4.78, 5) is 14.7. The van der Waals surface area contributed by atoms with Crippen molar-refractivity contribution in [3.8, 4) is 0 Å². The van der Waals surface area contributed by atoms with Crippen LogP contribution in [0, 0.1) is 15.9 Å². The second-order valence-electron chi connectivity index (χ2n) is 5.44. The molecular formula is C18H16FN3O2. The molecule has 1 N–H and O–H groups in total. The van der Waals surface area contributed by atoms with Crippen LogP contribution in [-0.2, 0) is 6.42 Å². The maximum absolute atomic E-state index is 14.3. The molecule has 24 heavy (non-hydrogen) atoms. The molecule has 0 fully saturated rings. The van der Waals surface area contributed by atoms with Crippen LogP contribution in [0.5, 0.6) is 0 Å². The predicted octanol–water partition coefficient (Wildman–Crippen LogP) is 3.77. The first kappa shape index (κ1) is 15.9. The van der Waals surface area contributed by atoms with Gasteiger partial charge in [-0.3, -0.25) is 15.1 Å². The number of fused-ring (bicyclic) bond motifs is 1. The number of hydrogen-bond donors (Lipinski definition) is 1. The fraction of sp³-hybridized carbons (Fsp3) is 0.167. The number of nitrogens with zero attached hydrogens (tertiary/aromatic N) is 2. The van der Waals surface area contributed by atoms with E-state index in [9.17, 15) is 14.5 Å². The summed E-state index contributed by atoms with van der Waals surface area (Å²) < 4.78 is 14.3. The monoisotopic (exact) mass is 325 g/mol. The van der Waals surface area contributed by atoms with Crippen molar-refractivity contribution in [1.29, 1.82) is 0 Å². The molecule has 2 aromatic rings. The molecule has 1 aliphatic rings. The molecule has 0 saturated heterocycles. The van der Waals surface area contributed by atoms with Crippen molar-refractivity contribution in [2.24, 2.45) is 4.99 Å². The lowest BCUT2D eigenvalue weighted by Crippen LogP contribution is -2.08. The Bertz CT molecular complexity index is 859. The second kappa shape index (κ2) is 6.62. The molecule has 2 aromatic carbocycles. The van der Waals surface area contributed by atoms with Crippen LogP contribution in [0.15, 0.2) is 59.4 Å². The van der Waals surface area contributed by atoms with Crippen LogP contribution in [0.1, 0.15) is 23.6 Å². The average Bonchev–Trinajstić information content (AvgIpc) is 2.73. The van der Waals surface area contributed by atoms with Crippen LogP contribution >= 0.6 is 0 Å². The van der Waals surface area contributed by atoms with Crippen molar-refractivity contribution in [2.45, 2.75) is 13.3 Å². The van der Waals surface area contributed by atoms with E-state index >= 15 is 0 Å². The first-order valence-electron chi connectivity index (χ1n) is 7.62. The highest BCUT2D eigenvalue weighted by molar-refractivity contribution is 6.16. The Hall–Kier alpha value is -3.02. The minimum atomic E-state index is -0.522. The van der Waals surface area contributed by atoms with Gasteiger partial charge in [0.25, 0.3) is 6.20 Å². The molecule has 0 bridgehead atoms. The molecule has 0 atom stereocenters. The molecule has 0 unspecified atom stereocenters. The lowest BCUT2D eigenvalue weighted by Gasteiger charge is -2.12. The highest BCUT2D eigenvalue weighted by Crippen LogP contribution is 2.27. The standard InChI is InChI=1S/C18H16FN3O2/c1-2-12-7-8-17-15(9-12)18(14-5-3-4-6-16(14)19)20-10-13(21-17)11-22(23)24/h3-9,11,21H,2,10H2,1H3. The van der Waals surface area contributed by atoms with E-state index in [-0.39, 0.29) is 12.4 Å². The number of aliphatic imine (C=N–C) groups is 1. The molecule has 0 spiro atoms. The Labute approximate surface area is 138 Å². The molecule has 0 aliphatic carbocycles. The van der Waals surface area contributed by atoms with Crippen LogP contribution < -0.4 is 5.32 Å². The molecule has 3 rings (SSSR count). The van der Waals surface area contributed by atoms with Gasteiger partial charge in [0.2, 0.25) is 0 Å². The lowest BCUT2D eigenvalue weighted by atomic mass is 9.97. The molecule has 6 heteroatoms. The topological polar surface area (TPSA) is 67.5 Å². The van der Waals surface area contributed by atoms with E-state index in [1.165, 1.54) is 6.07 Å². The Morgan fingerprint density at radius 1 is 1.29 bits per heavy atom. The summed E-state index contributed by atoms with van der Waals surface area (Å²) in [6.45, 7) is 2.12. The van der Waals surface area contributed by atoms with Gasteiger partial charge in [0.15, 0.2) is 0 Å². The third kappa shape index (κ3) is 3.17. The van der Waals surface area contributed by atoms with Crippen molar-refractivity contribution < 1.29 is 9.31 Å². The third-order valence-corrected chi connectivity index (χ3v) is 3.84. The molecule has 0 radical (unpaired) electrons. The number of nitrogens with one attached hydrogen (secondary N) is 1. The van der Waals surface area contributed by atoms with Gasteiger partial charge in [0.1, 0.15) is 11.5 Å². The normalized spacial score (nSPS) is 15.2. The van der Waals surface area contributed by atoms with Gasteiger partial charge < -0.3 is 5.32 Å². The van der Waals surface area contributed by atoms with Gasteiger partial charge >= 0.3 is 0 Å². The number of rotatable bonds is 3. The molecule has 0 amide bonds. The van der Waals surface area contributed by atoms with Gasteiger partial charge in [-0.15, -0.1) is 0 Å². The van der Waals surface area contributed by atoms with Crippen LogP contribution in [0.2, 0.25) is 0 Å². The Kier molecular flexibility index (Phi) is 4.37. The molecule has 1 heterocycles. The SMILES string of the molecule is CCc1ccc2c(c1)C(c1ccccc1F)=NCC(=C[N+](=O)[O-])N2. The summed E-state index contributed by atoms with van der Waals surface area (Å²) in [6.07, 6.45) is 1.72. The number of anilines is 1. The van der Waals surface area contributed by atoms with Crippen LogP contribution in [0.4, 0.5) is 10.1 Å². The molecule has 0 aromatic heterocycles. The number of halogens is 1. The van der Waals surface area contributed by atoms with Crippen molar-refractivity contribution in [2.75, 3.05) is 11.9 Å². The van der Waals surface area contributed by atoms with E-state index in [0.717, 1.165) is 23.7 Å². The van der Waals surface area contributed by atoms with Crippen molar-refractivity contribution in [3.05, 3.63) is 87.0 Å². The Morgan fingerprint density at radius 2 is 2.08 bits per heavy atom. The molecule has 5 nitrogen and oxygen atoms in total. The fourth-order valence-corrected chi connectivity index (χ4v) is 2.66. The van der Waals surface area contributed by atoms with E-state index in [4.69, 9.17) is 0 Å². The maximum Gasteiger partial charge on any atom is 0.255 e. The fourth-order valence-electron chi connectivity index (χ4n) is 2.66. The first-order valence-corrected chi connectivity index (χ1v) is 7.62. The summed E-state index contributed by atoms with van der Waals surface area (Å²) >= 11 is 0. The van der Waals surface area contributed by atoms with Crippen LogP contribution in [0.3, 0.4) is 0 Å². The van der Waals surface area contributed by atoms with E-state index in [0.29, 0.717) is 22.7 Å². The summed E-state index contributed by atoms with van der Waals surface area (Å²) in [5, 5.41) is 13.8. The van der Waals surface area contributed by atoms with Crippen molar-refractivity contribution in [1.82, 2.24) is 0 Å². The minimum absolute atomic E-state index is 0.0841. The Balaban J connectivity index is 2.19. The van der Waals surface area contributed by atoms with Gasteiger partial charge in [-0.25, -0.2) is 4.39 Å². The number of benzodiazepines with no additional fused rings is 1. The first-order chi connectivity index (χ1) is 11.6.